The van der Waals surface area contributed by atoms with Crippen LogP contribution in [0.3, 0.4) is 0 Å². The summed E-state index contributed by atoms with van der Waals surface area (Å²) in [7, 11) is 0. The molecule has 0 aromatic rings. The Morgan fingerprint density at radius 1 is 1.19 bits per heavy atom. The molecule has 92 valence electrons. The van der Waals surface area contributed by atoms with Crippen LogP contribution in [0.1, 0.15) is 33.6 Å². The monoisotopic (exact) mass is 223 g/mol. The largest absolute Gasteiger partial charge is 0.381 e. The highest BCUT2D eigenvalue weighted by Crippen LogP contribution is 2.58. The van der Waals surface area contributed by atoms with Crippen LogP contribution in [0.4, 0.5) is 0 Å². The molecule has 0 N–H and O–H groups in total. The van der Waals surface area contributed by atoms with Crippen molar-refractivity contribution < 1.29 is 4.74 Å². The number of hydrogen-bond donors (Lipinski definition) is 0. The molecule has 0 spiro atoms. The number of nitrogens with zero attached hydrogens (tertiary/aromatic N) is 1. The molecule has 2 heterocycles. The first kappa shape index (κ1) is 11.0. The van der Waals surface area contributed by atoms with E-state index in [0.717, 1.165) is 36.9 Å². The lowest BCUT2D eigenvalue weighted by atomic mass is 9.93. The van der Waals surface area contributed by atoms with Crippen LogP contribution in [0.15, 0.2) is 0 Å². The minimum atomic E-state index is 0.433. The van der Waals surface area contributed by atoms with E-state index in [2.05, 4.69) is 25.7 Å². The van der Waals surface area contributed by atoms with Gasteiger partial charge in [-0.2, -0.15) is 0 Å². The summed E-state index contributed by atoms with van der Waals surface area (Å²) < 4.78 is 5.32. The number of likely N-dealkylation sites (tertiary alicyclic amines) is 1. The summed E-state index contributed by atoms with van der Waals surface area (Å²) in [5, 5.41) is 0. The minimum absolute atomic E-state index is 0.433. The molecule has 3 fully saturated rings. The van der Waals surface area contributed by atoms with E-state index < -0.39 is 0 Å². The topological polar surface area (TPSA) is 12.5 Å². The van der Waals surface area contributed by atoms with Gasteiger partial charge < -0.3 is 4.74 Å². The van der Waals surface area contributed by atoms with Gasteiger partial charge >= 0.3 is 0 Å². The molecule has 2 nitrogen and oxygen atoms in total. The van der Waals surface area contributed by atoms with Crippen LogP contribution in [-0.4, -0.2) is 36.7 Å². The number of piperidine rings is 1. The minimum Gasteiger partial charge on any atom is -0.381 e. The van der Waals surface area contributed by atoms with Gasteiger partial charge in [0.15, 0.2) is 0 Å². The zero-order valence-corrected chi connectivity index (χ0v) is 10.9. The molecule has 3 aliphatic rings. The summed E-state index contributed by atoms with van der Waals surface area (Å²) in [6, 6.07) is 0. The molecule has 16 heavy (non-hydrogen) atoms. The average Bonchev–Trinajstić information content (AvgIpc) is 2.62. The Balaban J connectivity index is 1.54. The molecule has 2 aliphatic heterocycles. The van der Waals surface area contributed by atoms with Crippen molar-refractivity contribution in [2.45, 2.75) is 39.2 Å². The van der Waals surface area contributed by atoms with E-state index in [1.54, 1.807) is 0 Å². The standard InChI is InChI=1S/C14H25NO/c1-4-5-14(2,3)15-6-11-12(7-15)13(11)10-8-16-9-10/h10-13H,4-9H2,1-3H3. The van der Waals surface area contributed by atoms with Gasteiger partial charge in [0.2, 0.25) is 0 Å². The Kier molecular flexibility index (Phi) is 2.56. The Hall–Kier alpha value is -0.0800. The second kappa shape index (κ2) is 3.71. The van der Waals surface area contributed by atoms with E-state index in [9.17, 15) is 0 Å². The van der Waals surface area contributed by atoms with Gasteiger partial charge in [0, 0.05) is 24.5 Å². The third kappa shape index (κ3) is 1.62. The van der Waals surface area contributed by atoms with Gasteiger partial charge in [-0.05, 0) is 38.0 Å². The van der Waals surface area contributed by atoms with Crippen molar-refractivity contribution in [3.8, 4) is 0 Å². The highest BCUT2D eigenvalue weighted by atomic mass is 16.5. The van der Waals surface area contributed by atoms with Crippen molar-refractivity contribution in [3.63, 3.8) is 0 Å². The van der Waals surface area contributed by atoms with Crippen molar-refractivity contribution in [3.05, 3.63) is 0 Å². The number of rotatable bonds is 4. The highest BCUT2D eigenvalue weighted by molar-refractivity contribution is 5.10. The predicted molar refractivity (Wildman–Crippen MR) is 65.3 cm³/mol. The highest BCUT2D eigenvalue weighted by Gasteiger charge is 2.60. The van der Waals surface area contributed by atoms with Crippen LogP contribution >= 0.6 is 0 Å². The Bertz CT molecular complexity index is 260. The molecule has 1 aliphatic carbocycles. The molecule has 0 aromatic carbocycles. The zero-order chi connectivity index (χ0) is 11.3. The molecule has 2 atom stereocenters. The van der Waals surface area contributed by atoms with Gasteiger partial charge in [0.1, 0.15) is 0 Å². The molecule has 2 heteroatoms. The normalized spacial score (nSPS) is 39.6. The maximum absolute atomic E-state index is 5.32. The molecule has 1 saturated carbocycles. The fraction of sp³-hybridized carbons (Fsp3) is 1.00. The van der Waals surface area contributed by atoms with Gasteiger partial charge in [-0.25, -0.2) is 0 Å². The lowest BCUT2D eigenvalue weighted by Crippen LogP contribution is -2.45. The summed E-state index contributed by atoms with van der Waals surface area (Å²) in [5.74, 6) is 3.99. The van der Waals surface area contributed by atoms with Crippen molar-refractivity contribution in [1.29, 1.82) is 0 Å². The van der Waals surface area contributed by atoms with Crippen LogP contribution in [0.5, 0.6) is 0 Å². The molecule has 0 bridgehead atoms. The van der Waals surface area contributed by atoms with Gasteiger partial charge in [-0.3, -0.25) is 4.90 Å². The summed E-state index contributed by atoms with van der Waals surface area (Å²) in [6.45, 7) is 12.0. The second-order valence-corrected chi connectivity index (χ2v) is 6.67. The molecular formula is C14H25NO. The van der Waals surface area contributed by atoms with Crippen molar-refractivity contribution in [1.82, 2.24) is 4.90 Å². The lowest BCUT2D eigenvalue weighted by molar-refractivity contribution is -0.0519. The van der Waals surface area contributed by atoms with Crippen molar-refractivity contribution >= 4 is 0 Å². The van der Waals surface area contributed by atoms with Crippen molar-refractivity contribution in [2.75, 3.05) is 26.3 Å². The number of fused-ring (bicyclic) bond motifs is 1. The molecule has 2 saturated heterocycles. The predicted octanol–water partition coefficient (Wildman–Crippen LogP) is 2.39. The fourth-order valence-electron chi connectivity index (χ4n) is 4.01. The first-order chi connectivity index (χ1) is 7.63. The first-order valence-corrected chi connectivity index (χ1v) is 6.96. The Morgan fingerprint density at radius 3 is 2.25 bits per heavy atom. The number of hydrogen-bond acceptors (Lipinski definition) is 2. The van der Waals surface area contributed by atoms with E-state index in [-0.39, 0.29) is 0 Å². The summed E-state index contributed by atoms with van der Waals surface area (Å²) in [5.41, 5.74) is 0.433. The van der Waals surface area contributed by atoms with E-state index in [0.29, 0.717) is 5.54 Å². The summed E-state index contributed by atoms with van der Waals surface area (Å²) >= 11 is 0. The lowest BCUT2D eigenvalue weighted by Gasteiger charge is -2.38. The van der Waals surface area contributed by atoms with Crippen LogP contribution in [0.25, 0.3) is 0 Å². The van der Waals surface area contributed by atoms with Gasteiger partial charge in [-0.15, -0.1) is 0 Å². The van der Waals surface area contributed by atoms with Gasteiger partial charge in [-0.1, -0.05) is 13.3 Å². The summed E-state index contributed by atoms with van der Waals surface area (Å²) in [6.07, 6.45) is 2.64. The molecule has 0 aromatic heterocycles. The van der Waals surface area contributed by atoms with Crippen LogP contribution in [0.2, 0.25) is 0 Å². The average molecular weight is 223 g/mol. The second-order valence-electron chi connectivity index (χ2n) is 6.67. The van der Waals surface area contributed by atoms with E-state index in [1.807, 2.05) is 0 Å². The third-order valence-corrected chi connectivity index (χ3v) is 5.19. The quantitative estimate of drug-likeness (QED) is 0.725. The number of ether oxygens (including phenoxy) is 1. The molecule has 2 unspecified atom stereocenters. The van der Waals surface area contributed by atoms with Crippen LogP contribution in [-0.2, 0) is 4.74 Å². The van der Waals surface area contributed by atoms with Crippen LogP contribution in [0, 0.1) is 23.7 Å². The van der Waals surface area contributed by atoms with E-state index in [1.165, 1.54) is 25.9 Å². The third-order valence-electron chi connectivity index (χ3n) is 5.19. The van der Waals surface area contributed by atoms with Gasteiger partial charge in [0.25, 0.3) is 0 Å². The summed E-state index contributed by atoms with van der Waals surface area (Å²) in [4.78, 5) is 2.74. The SMILES string of the molecule is CCCC(C)(C)N1CC2C(C1)C2C1COC1. The van der Waals surface area contributed by atoms with E-state index in [4.69, 9.17) is 4.74 Å². The van der Waals surface area contributed by atoms with Crippen LogP contribution < -0.4 is 0 Å². The van der Waals surface area contributed by atoms with Crippen molar-refractivity contribution in [2.24, 2.45) is 23.7 Å². The zero-order valence-electron chi connectivity index (χ0n) is 10.9. The van der Waals surface area contributed by atoms with Gasteiger partial charge in [0.05, 0.1) is 13.2 Å². The van der Waals surface area contributed by atoms with E-state index >= 15 is 0 Å². The maximum atomic E-state index is 5.32. The molecular weight excluding hydrogens is 198 g/mol. The Labute approximate surface area is 99.3 Å². The maximum Gasteiger partial charge on any atom is 0.0519 e. The fourth-order valence-corrected chi connectivity index (χ4v) is 4.01. The Morgan fingerprint density at radius 2 is 1.81 bits per heavy atom. The first-order valence-electron chi connectivity index (χ1n) is 6.96. The smallest absolute Gasteiger partial charge is 0.0519 e. The molecule has 0 radical (unpaired) electrons. The molecule has 3 rings (SSSR count). The molecule has 0 amide bonds.